The number of aromatic nitrogens is 2. The van der Waals surface area contributed by atoms with Gasteiger partial charge in [0.25, 0.3) is 0 Å². The number of hydrogen-bond acceptors (Lipinski definition) is 4. The van der Waals surface area contributed by atoms with Gasteiger partial charge in [-0.05, 0) is 48.6 Å². The Hall–Kier alpha value is -2.53. The smallest absolute Gasteiger partial charge is 0.161 e. The van der Waals surface area contributed by atoms with Crippen molar-refractivity contribution in [2.45, 2.75) is 25.4 Å². The molecule has 1 N–H and O–H groups in total. The van der Waals surface area contributed by atoms with Crippen LogP contribution in [0.2, 0.25) is 0 Å². The average molecular weight is 349 g/mol. The SMILES string of the molecule is Cn1c(CNC(c2ccc3c(c2)OCCO3)C2CC2)nc2ccccc21. The zero-order valence-corrected chi connectivity index (χ0v) is 14.9. The molecular weight excluding hydrogens is 326 g/mol. The summed E-state index contributed by atoms with van der Waals surface area (Å²) in [5.41, 5.74) is 3.50. The zero-order chi connectivity index (χ0) is 17.5. The number of imidazole rings is 1. The Bertz CT molecular complexity index is 946. The summed E-state index contributed by atoms with van der Waals surface area (Å²) >= 11 is 0. The molecule has 3 aromatic rings. The van der Waals surface area contributed by atoms with E-state index in [1.807, 2.05) is 12.1 Å². The minimum absolute atomic E-state index is 0.325. The van der Waals surface area contributed by atoms with E-state index in [-0.39, 0.29) is 0 Å². The van der Waals surface area contributed by atoms with Crippen molar-refractivity contribution in [3.8, 4) is 11.5 Å². The quantitative estimate of drug-likeness (QED) is 0.765. The van der Waals surface area contributed by atoms with Crippen LogP contribution in [0.15, 0.2) is 42.5 Å². The third kappa shape index (κ3) is 2.82. The predicted molar refractivity (Wildman–Crippen MR) is 100 cm³/mol. The molecule has 2 heterocycles. The minimum Gasteiger partial charge on any atom is -0.486 e. The number of ether oxygens (including phenoxy) is 2. The molecule has 1 atom stereocenters. The van der Waals surface area contributed by atoms with Gasteiger partial charge in [-0.3, -0.25) is 0 Å². The molecular formula is C21H23N3O2. The van der Waals surface area contributed by atoms with Crippen LogP contribution in [0.3, 0.4) is 0 Å². The number of nitrogens with one attached hydrogen (secondary N) is 1. The van der Waals surface area contributed by atoms with Crippen LogP contribution in [-0.2, 0) is 13.6 Å². The molecule has 1 unspecified atom stereocenters. The van der Waals surface area contributed by atoms with Gasteiger partial charge in [-0.2, -0.15) is 0 Å². The fourth-order valence-electron chi connectivity index (χ4n) is 3.79. The van der Waals surface area contributed by atoms with Crippen molar-refractivity contribution >= 4 is 11.0 Å². The van der Waals surface area contributed by atoms with Gasteiger partial charge in [-0.15, -0.1) is 0 Å². The predicted octanol–water partition coefficient (Wildman–Crippen LogP) is 3.59. The second kappa shape index (κ2) is 6.32. The van der Waals surface area contributed by atoms with Crippen molar-refractivity contribution in [3.05, 3.63) is 53.9 Å². The molecule has 5 rings (SSSR count). The first-order valence-corrected chi connectivity index (χ1v) is 9.33. The second-order valence-electron chi connectivity index (χ2n) is 7.17. The van der Waals surface area contributed by atoms with E-state index in [0.717, 1.165) is 29.4 Å². The summed E-state index contributed by atoms with van der Waals surface area (Å²) in [7, 11) is 2.09. The van der Waals surface area contributed by atoms with E-state index in [0.29, 0.717) is 25.2 Å². The molecule has 134 valence electrons. The van der Waals surface area contributed by atoms with E-state index < -0.39 is 0 Å². The summed E-state index contributed by atoms with van der Waals surface area (Å²) in [5, 5.41) is 3.74. The number of fused-ring (bicyclic) bond motifs is 2. The Morgan fingerprint density at radius 1 is 1.12 bits per heavy atom. The third-order valence-electron chi connectivity index (χ3n) is 5.38. The fraction of sp³-hybridized carbons (Fsp3) is 0.381. The number of nitrogens with zero attached hydrogens (tertiary/aromatic N) is 2. The molecule has 2 aliphatic rings. The standard InChI is InChI=1S/C21H23N3O2/c1-24-17-5-3-2-4-16(17)23-20(24)13-22-21(14-6-7-14)15-8-9-18-19(12-15)26-11-10-25-18/h2-5,8-9,12,14,21-22H,6-7,10-11,13H2,1H3. The summed E-state index contributed by atoms with van der Waals surface area (Å²) < 4.78 is 13.6. The molecule has 1 fully saturated rings. The molecule has 0 spiro atoms. The number of aryl methyl sites for hydroxylation is 1. The summed E-state index contributed by atoms with van der Waals surface area (Å²) in [6.07, 6.45) is 2.54. The molecule has 0 saturated heterocycles. The van der Waals surface area contributed by atoms with E-state index in [1.165, 1.54) is 23.9 Å². The lowest BCUT2D eigenvalue weighted by atomic mass is 10.0. The van der Waals surface area contributed by atoms with Crippen molar-refractivity contribution in [2.24, 2.45) is 13.0 Å². The molecule has 1 saturated carbocycles. The summed E-state index contributed by atoms with van der Waals surface area (Å²) in [6, 6.07) is 14.9. The minimum atomic E-state index is 0.325. The lowest BCUT2D eigenvalue weighted by molar-refractivity contribution is 0.171. The van der Waals surface area contributed by atoms with E-state index in [4.69, 9.17) is 14.5 Å². The Morgan fingerprint density at radius 3 is 2.73 bits per heavy atom. The molecule has 1 aliphatic heterocycles. The van der Waals surface area contributed by atoms with Gasteiger partial charge in [-0.1, -0.05) is 18.2 Å². The summed E-state index contributed by atoms with van der Waals surface area (Å²) in [4.78, 5) is 4.78. The van der Waals surface area contributed by atoms with Crippen LogP contribution in [0, 0.1) is 5.92 Å². The number of para-hydroxylation sites is 2. The number of hydrogen-bond donors (Lipinski definition) is 1. The molecule has 5 heteroatoms. The Balaban J connectivity index is 1.39. The highest BCUT2D eigenvalue weighted by atomic mass is 16.6. The summed E-state index contributed by atoms with van der Waals surface area (Å²) in [6.45, 7) is 2.00. The van der Waals surface area contributed by atoms with Crippen LogP contribution in [0.25, 0.3) is 11.0 Å². The Labute approximate surface area is 152 Å². The lowest BCUT2D eigenvalue weighted by Crippen LogP contribution is -2.24. The van der Waals surface area contributed by atoms with Gasteiger partial charge in [0.15, 0.2) is 11.5 Å². The fourth-order valence-corrected chi connectivity index (χ4v) is 3.79. The first-order valence-electron chi connectivity index (χ1n) is 9.33. The van der Waals surface area contributed by atoms with Gasteiger partial charge in [0.05, 0.1) is 17.6 Å². The van der Waals surface area contributed by atoms with Crippen LogP contribution < -0.4 is 14.8 Å². The topological polar surface area (TPSA) is 48.3 Å². The maximum absolute atomic E-state index is 5.77. The third-order valence-corrected chi connectivity index (χ3v) is 5.38. The van der Waals surface area contributed by atoms with Gasteiger partial charge >= 0.3 is 0 Å². The second-order valence-corrected chi connectivity index (χ2v) is 7.17. The van der Waals surface area contributed by atoms with Gasteiger partial charge in [0.2, 0.25) is 0 Å². The van der Waals surface area contributed by atoms with Crippen LogP contribution in [0.4, 0.5) is 0 Å². The first-order chi connectivity index (χ1) is 12.8. The van der Waals surface area contributed by atoms with Crippen LogP contribution in [0.1, 0.15) is 30.3 Å². The number of rotatable bonds is 5. The normalized spacial score (nSPS) is 17.4. The highest BCUT2D eigenvalue weighted by Gasteiger charge is 2.33. The van der Waals surface area contributed by atoms with Crippen LogP contribution in [-0.4, -0.2) is 22.8 Å². The molecule has 2 aromatic carbocycles. The lowest BCUT2D eigenvalue weighted by Gasteiger charge is -2.23. The summed E-state index contributed by atoms with van der Waals surface area (Å²) in [5.74, 6) is 3.47. The molecule has 0 radical (unpaired) electrons. The Morgan fingerprint density at radius 2 is 1.92 bits per heavy atom. The number of benzene rings is 2. The molecule has 0 bridgehead atoms. The van der Waals surface area contributed by atoms with Crippen molar-refractivity contribution in [1.29, 1.82) is 0 Å². The van der Waals surface area contributed by atoms with Gasteiger partial charge < -0.3 is 19.4 Å². The van der Waals surface area contributed by atoms with Crippen molar-refractivity contribution in [1.82, 2.24) is 14.9 Å². The van der Waals surface area contributed by atoms with E-state index in [9.17, 15) is 0 Å². The van der Waals surface area contributed by atoms with E-state index >= 15 is 0 Å². The monoisotopic (exact) mass is 349 g/mol. The average Bonchev–Trinajstić information content (AvgIpc) is 3.47. The molecule has 1 aliphatic carbocycles. The molecule has 26 heavy (non-hydrogen) atoms. The van der Waals surface area contributed by atoms with Gasteiger partial charge in [-0.25, -0.2) is 4.98 Å². The van der Waals surface area contributed by atoms with Crippen molar-refractivity contribution < 1.29 is 9.47 Å². The van der Waals surface area contributed by atoms with E-state index in [1.54, 1.807) is 0 Å². The van der Waals surface area contributed by atoms with Crippen molar-refractivity contribution in [3.63, 3.8) is 0 Å². The Kier molecular flexibility index (Phi) is 3.82. The van der Waals surface area contributed by atoms with Gasteiger partial charge in [0.1, 0.15) is 19.0 Å². The molecule has 5 nitrogen and oxygen atoms in total. The van der Waals surface area contributed by atoms with Crippen LogP contribution in [0.5, 0.6) is 11.5 Å². The molecule has 0 amide bonds. The zero-order valence-electron chi connectivity index (χ0n) is 14.9. The highest BCUT2D eigenvalue weighted by molar-refractivity contribution is 5.75. The largest absolute Gasteiger partial charge is 0.486 e. The first kappa shape index (κ1) is 15.7. The van der Waals surface area contributed by atoms with Gasteiger partial charge in [0, 0.05) is 13.1 Å². The van der Waals surface area contributed by atoms with Crippen LogP contribution >= 0.6 is 0 Å². The van der Waals surface area contributed by atoms with Crippen molar-refractivity contribution in [2.75, 3.05) is 13.2 Å². The highest BCUT2D eigenvalue weighted by Crippen LogP contribution is 2.43. The maximum atomic E-state index is 5.77. The maximum Gasteiger partial charge on any atom is 0.161 e. The molecule has 1 aromatic heterocycles. The van der Waals surface area contributed by atoms with E-state index in [2.05, 4.69) is 47.3 Å².